The van der Waals surface area contributed by atoms with Gasteiger partial charge in [-0.05, 0) is 43.7 Å². The van der Waals surface area contributed by atoms with E-state index in [1.54, 1.807) is 47.3 Å². The minimum atomic E-state index is -0.135. The first-order valence-electron chi connectivity index (χ1n) is 11.4. The number of rotatable bonds is 8. The summed E-state index contributed by atoms with van der Waals surface area (Å²) < 4.78 is 1.12. The minimum Gasteiger partial charge on any atom is -0.382 e. The average Bonchev–Trinajstić information content (AvgIpc) is 3.54. The third-order valence-electron chi connectivity index (χ3n) is 5.39. The maximum absolute atomic E-state index is 13.0. The maximum atomic E-state index is 13.0. The van der Waals surface area contributed by atoms with E-state index < -0.39 is 0 Å². The smallest absolute Gasteiger partial charge is 0.273 e. The Balaban J connectivity index is 1.38. The Kier molecular flexibility index (Phi) is 6.88. The first-order valence-corrected chi connectivity index (χ1v) is 13.2. The van der Waals surface area contributed by atoms with Crippen molar-refractivity contribution in [2.75, 3.05) is 17.7 Å². The molecular weight excluding hydrogens is 490 g/mol. The van der Waals surface area contributed by atoms with Gasteiger partial charge in [0.2, 0.25) is 0 Å². The molecule has 0 radical (unpaired) electrons. The van der Waals surface area contributed by atoms with Crippen molar-refractivity contribution in [2.45, 2.75) is 26.4 Å². The number of hydrogen-bond acceptors (Lipinski definition) is 9. The molecule has 0 aliphatic carbocycles. The van der Waals surface area contributed by atoms with Crippen LogP contribution in [0.15, 0.2) is 65.9 Å². The predicted molar refractivity (Wildman–Crippen MR) is 147 cm³/mol. The second kappa shape index (κ2) is 10.4. The lowest BCUT2D eigenvalue weighted by molar-refractivity contribution is 0.0780. The van der Waals surface area contributed by atoms with E-state index in [0.29, 0.717) is 12.2 Å². The summed E-state index contributed by atoms with van der Waals surface area (Å²) in [7, 11) is 1.77. The molecule has 1 aromatic carbocycles. The Bertz CT molecular complexity index is 1500. The van der Waals surface area contributed by atoms with Crippen molar-refractivity contribution in [3.63, 3.8) is 0 Å². The van der Waals surface area contributed by atoms with Crippen LogP contribution in [-0.4, -0.2) is 43.8 Å². The molecule has 0 atom stereocenters. The van der Waals surface area contributed by atoms with E-state index in [-0.39, 0.29) is 11.9 Å². The van der Waals surface area contributed by atoms with E-state index in [4.69, 9.17) is 0 Å². The van der Waals surface area contributed by atoms with E-state index in [9.17, 15) is 4.79 Å². The highest BCUT2D eigenvalue weighted by molar-refractivity contribution is 7.16. The highest BCUT2D eigenvalue weighted by atomic mass is 32.1. The number of carbonyl (C=O) groups excluding carboxylic acids is 1. The van der Waals surface area contributed by atoms with Crippen LogP contribution < -0.4 is 10.6 Å². The van der Waals surface area contributed by atoms with Gasteiger partial charge in [-0.1, -0.05) is 6.07 Å². The van der Waals surface area contributed by atoms with Crippen LogP contribution in [0, 0.1) is 0 Å². The molecule has 2 N–H and O–H groups in total. The molecule has 10 heteroatoms. The first kappa shape index (κ1) is 23.8. The van der Waals surface area contributed by atoms with Crippen molar-refractivity contribution in [2.24, 2.45) is 0 Å². The Morgan fingerprint density at radius 2 is 2.00 bits per heavy atom. The van der Waals surface area contributed by atoms with Gasteiger partial charge in [0, 0.05) is 61.0 Å². The number of pyridine rings is 2. The van der Waals surface area contributed by atoms with Gasteiger partial charge >= 0.3 is 0 Å². The fourth-order valence-corrected chi connectivity index (χ4v) is 5.27. The van der Waals surface area contributed by atoms with Gasteiger partial charge in [0.15, 0.2) is 0 Å². The van der Waals surface area contributed by atoms with Gasteiger partial charge in [-0.15, -0.1) is 22.7 Å². The van der Waals surface area contributed by atoms with Crippen LogP contribution >= 0.6 is 22.7 Å². The summed E-state index contributed by atoms with van der Waals surface area (Å²) in [5, 5.41) is 9.41. The van der Waals surface area contributed by atoms with Gasteiger partial charge in [-0.2, -0.15) is 0 Å². The van der Waals surface area contributed by atoms with Crippen molar-refractivity contribution >= 4 is 56.0 Å². The van der Waals surface area contributed by atoms with E-state index in [2.05, 4.69) is 50.5 Å². The quantitative estimate of drug-likeness (QED) is 0.260. The number of thiazole rings is 2. The molecule has 5 aromatic rings. The maximum Gasteiger partial charge on any atom is 0.273 e. The number of aromatic nitrogens is 4. The molecule has 182 valence electrons. The predicted octanol–water partition coefficient (Wildman–Crippen LogP) is 6.05. The largest absolute Gasteiger partial charge is 0.382 e. The fourth-order valence-electron chi connectivity index (χ4n) is 3.73. The number of amides is 1. The molecule has 4 aromatic heterocycles. The Morgan fingerprint density at radius 3 is 2.81 bits per heavy atom. The molecule has 4 heterocycles. The van der Waals surface area contributed by atoms with Crippen LogP contribution in [0.1, 0.15) is 29.9 Å². The lowest BCUT2D eigenvalue weighted by Gasteiger charge is -2.16. The van der Waals surface area contributed by atoms with Crippen LogP contribution in [0.25, 0.3) is 20.8 Å². The molecule has 0 aliphatic heterocycles. The lowest BCUT2D eigenvalue weighted by Crippen LogP contribution is -2.26. The van der Waals surface area contributed by atoms with E-state index in [1.807, 2.05) is 35.8 Å². The summed E-state index contributed by atoms with van der Waals surface area (Å²) in [4.78, 5) is 32.4. The number of hydrogen-bond donors (Lipinski definition) is 2. The number of benzene rings is 1. The molecule has 0 fully saturated rings. The van der Waals surface area contributed by atoms with Crippen LogP contribution in [0.2, 0.25) is 0 Å². The van der Waals surface area contributed by atoms with Gasteiger partial charge in [-0.25, -0.2) is 15.0 Å². The van der Waals surface area contributed by atoms with Crippen LogP contribution in [0.5, 0.6) is 0 Å². The molecule has 0 aliphatic rings. The Hall–Kier alpha value is -3.89. The van der Waals surface area contributed by atoms with E-state index >= 15 is 0 Å². The summed E-state index contributed by atoms with van der Waals surface area (Å²) in [5.41, 5.74) is 6.91. The van der Waals surface area contributed by atoms with Crippen molar-refractivity contribution in [3.8, 4) is 10.6 Å². The Labute approximate surface area is 217 Å². The Morgan fingerprint density at radius 1 is 1.11 bits per heavy atom. The van der Waals surface area contributed by atoms with Crippen LogP contribution in [0.4, 0.5) is 17.2 Å². The SMILES string of the molecule is CC(C)Nc1cc(Nc2ccc3ncsc3c2)ncc1-c1nc(C(=O)N(C)Cc2cccnc2)cs1. The third-order valence-corrected chi connectivity index (χ3v) is 7.06. The summed E-state index contributed by atoms with van der Waals surface area (Å²) >= 11 is 3.04. The third kappa shape index (κ3) is 5.34. The second-order valence-corrected chi connectivity index (χ2v) is 10.4. The van der Waals surface area contributed by atoms with Crippen molar-refractivity contribution in [1.29, 1.82) is 0 Å². The molecule has 0 spiro atoms. The van der Waals surface area contributed by atoms with E-state index in [1.165, 1.54) is 11.3 Å². The monoisotopic (exact) mass is 515 g/mol. The first-order chi connectivity index (χ1) is 17.5. The topological polar surface area (TPSA) is 95.9 Å². The molecule has 36 heavy (non-hydrogen) atoms. The zero-order chi connectivity index (χ0) is 25.1. The van der Waals surface area contributed by atoms with Gasteiger partial charge in [0.05, 0.1) is 21.3 Å². The van der Waals surface area contributed by atoms with Gasteiger partial charge < -0.3 is 15.5 Å². The number of anilines is 3. The molecule has 0 saturated carbocycles. The number of nitrogens with one attached hydrogen (secondary N) is 2. The van der Waals surface area contributed by atoms with Crippen molar-refractivity contribution in [3.05, 3.63) is 77.1 Å². The van der Waals surface area contributed by atoms with Gasteiger partial charge in [-0.3, -0.25) is 9.78 Å². The molecule has 8 nitrogen and oxygen atoms in total. The highest BCUT2D eigenvalue weighted by Crippen LogP contribution is 2.33. The molecule has 0 saturated heterocycles. The standard InChI is InChI=1S/C26H25N7OS2/c1-16(2)30-21-10-24(31-18-6-7-20-23(9-18)36-15-29-20)28-12-19(21)25-32-22(14-35-25)26(34)33(3)13-17-5-4-8-27-11-17/h4-12,14-16H,13H2,1-3H3,(H2,28,30,31). The number of fused-ring (bicyclic) bond motifs is 1. The van der Waals surface area contributed by atoms with Crippen LogP contribution in [0.3, 0.4) is 0 Å². The molecular formula is C26H25N7OS2. The molecule has 5 rings (SSSR count). The average molecular weight is 516 g/mol. The normalized spacial score (nSPS) is 11.1. The van der Waals surface area contributed by atoms with Crippen LogP contribution in [-0.2, 0) is 6.54 Å². The van der Waals surface area contributed by atoms with Crippen molar-refractivity contribution < 1.29 is 4.79 Å². The number of nitrogens with zero attached hydrogens (tertiary/aromatic N) is 5. The minimum absolute atomic E-state index is 0.135. The lowest BCUT2D eigenvalue weighted by atomic mass is 10.2. The zero-order valence-electron chi connectivity index (χ0n) is 20.1. The molecule has 0 unspecified atom stereocenters. The van der Waals surface area contributed by atoms with Gasteiger partial charge in [0.1, 0.15) is 16.5 Å². The summed E-state index contributed by atoms with van der Waals surface area (Å²) in [6.07, 6.45) is 5.27. The van der Waals surface area contributed by atoms with E-state index in [0.717, 1.165) is 43.5 Å². The van der Waals surface area contributed by atoms with Gasteiger partial charge in [0.25, 0.3) is 5.91 Å². The fraction of sp³-hybridized carbons (Fsp3) is 0.192. The summed E-state index contributed by atoms with van der Waals surface area (Å²) in [5.74, 6) is 0.583. The van der Waals surface area contributed by atoms with Crippen molar-refractivity contribution in [1.82, 2.24) is 24.8 Å². The highest BCUT2D eigenvalue weighted by Gasteiger charge is 2.19. The molecule has 1 amide bonds. The number of carbonyl (C=O) groups is 1. The second-order valence-electron chi connectivity index (χ2n) is 8.63. The zero-order valence-corrected chi connectivity index (χ0v) is 21.7. The summed E-state index contributed by atoms with van der Waals surface area (Å²) in [6.45, 7) is 4.63. The molecule has 0 bridgehead atoms. The summed E-state index contributed by atoms with van der Waals surface area (Å²) in [6, 6.07) is 12.1.